The van der Waals surface area contributed by atoms with Crippen LogP contribution in [0.1, 0.15) is 26.2 Å². The predicted molar refractivity (Wildman–Crippen MR) is 102 cm³/mol. The van der Waals surface area contributed by atoms with E-state index in [1.54, 1.807) is 28.6 Å². The third kappa shape index (κ3) is 4.72. The zero-order chi connectivity index (χ0) is 18.6. The van der Waals surface area contributed by atoms with Gasteiger partial charge in [-0.2, -0.15) is 4.31 Å². The van der Waals surface area contributed by atoms with Crippen molar-refractivity contribution in [2.24, 2.45) is 5.92 Å². The number of allylic oxidation sites excluding steroid dienone is 2. The molecule has 1 N–H and O–H groups in total. The van der Waals surface area contributed by atoms with Gasteiger partial charge < -0.3 is 10.2 Å². The SMILES string of the molecule is CC(=O)Nc1ccc(S(=O)(=O)N2CCN(CC3CC=CCC3)CC2)cc1. The maximum absolute atomic E-state index is 12.8. The highest BCUT2D eigenvalue weighted by molar-refractivity contribution is 7.89. The van der Waals surface area contributed by atoms with Gasteiger partial charge in [0.1, 0.15) is 0 Å². The molecular weight excluding hydrogens is 350 g/mol. The minimum Gasteiger partial charge on any atom is -0.326 e. The van der Waals surface area contributed by atoms with Gasteiger partial charge in [-0.3, -0.25) is 4.79 Å². The Hall–Kier alpha value is -1.70. The van der Waals surface area contributed by atoms with Crippen LogP contribution in [0, 0.1) is 5.92 Å². The van der Waals surface area contributed by atoms with Crippen LogP contribution in [0.3, 0.4) is 0 Å². The van der Waals surface area contributed by atoms with E-state index in [1.807, 2.05) is 0 Å². The average molecular weight is 378 g/mol. The molecule has 6 nitrogen and oxygen atoms in total. The van der Waals surface area contributed by atoms with Crippen LogP contribution in [-0.2, 0) is 14.8 Å². The van der Waals surface area contributed by atoms with Gasteiger partial charge in [-0.15, -0.1) is 0 Å². The van der Waals surface area contributed by atoms with Gasteiger partial charge in [-0.05, 0) is 49.4 Å². The number of nitrogens with one attached hydrogen (secondary N) is 1. The minimum atomic E-state index is -3.48. The topological polar surface area (TPSA) is 69.7 Å². The lowest BCUT2D eigenvalue weighted by Gasteiger charge is -2.36. The van der Waals surface area contributed by atoms with E-state index in [1.165, 1.54) is 13.3 Å². The fraction of sp³-hybridized carbons (Fsp3) is 0.526. The Morgan fingerprint density at radius 1 is 1.12 bits per heavy atom. The van der Waals surface area contributed by atoms with Crippen LogP contribution < -0.4 is 5.32 Å². The Morgan fingerprint density at radius 2 is 1.81 bits per heavy atom. The monoisotopic (exact) mass is 377 g/mol. The van der Waals surface area contributed by atoms with Crippen molar-refractivity contribution in [2.45, 2.75) is 31.1 Å². The second kappa shape index (κ2) is 8.33. The first kappa shape index (κ1) is 19.1. The number of nitrogens with zero attached hydrogens (tertiary/aromatic N) is 2. The molecule has 0 radical (unpaired) electrons. The molecule has 7 heteroatoms. The smallest absolute Gasteiger partial charge is 0.243 e. The van der Waals surface area contributed by atoms with Crippen molar-refractivity contribution in [2.75, 3.05) is 38.0 Å². The van der Waals surface area contributed by atoms with Crippen molar-refractivity contribution in [3.63, 3.8) is 0 Å². The van der Waals surface area contributed by atoms with Gasteiger partial charge in [0.25, 0.3) is 0 Å². The van der Waals surface area contributed by atoms with E-state index in [0.29, 0.717) is 24.7 Å². The summed E-state index contributed by atoms with van der Waals surface area (Å²) in [6.07, 6.45) is 8.04. The molecule has 0 bridgehead atoms. The van der Waals surface area contributed by atoms with Gasteiger partial charge in [-0.1, -0.05) is 12.2 Å². The van der Waals surface area contributed by atoms with E-state index in [2.05, 4.69) is 22.4 Å². The lowest BCUT2D eigenvalue weighted by atomic mass is 9.94. The zero-order valence-electron chi connectivity index (χ0n) is 15.2. The summed E-state index contributed by atoms with van der Waals surface area (Å²) in [5.74, 6) is 0.523. The third-order valence-corrected chi connectivity index (χ3v) is 6.95. The van der Waals surface area contributed by atoms with Gasteiger partial charge in [0.05, 0.1) is 4.90 Å². The van der Waals surface area contributed by atoms with E-state index in [-0.39, 0.29) is 10.8 Å². The average Bonchev–Trinajstić information content (AvgIpc) is 2.63. The Bertz CT molecular complexity index is 751. The molecule has 1 atom stereocenters. The molecule has 1 fully saturated rings. The van der Waals surface area contributed by atoms with E-state index in [0.717, 1.165) is 32.5 Å². The molecule has 1 aliphatic heterocycles. The number of hydrogen-bond acceptors (Lipinski definition) is 4. The number of carbonyl (C=O) groups excluding carboxylic acids is 1. The second-order valence-electron chi connectivity index (χ2n) is 7.06. The Balaban J connectivity index is 1.57. The summed E-state index contributed by atoms with van der Waals surface area (Å²) in [7, 11) is -3.48. The molecule has 1 saturated heterocycles. The summed E-state index contributed by atoms with van der Waals surface area (Å²) < 4.78 is 27.2. The third-order valence-electron chi connectivity index (χ3n) is 5.04. The molecule has 0 spiro atoms. The Kier molecular flexibility index (Phi) is 6.11. The van der Waals surface area contributed by atoms with Gasteiger partial charge in [0.15, 0.2) is 0 Å². The van der Waals surface area contributed by atoms with Crippen LogP contribution >= 0.6 is 0 Å². The van der Waals surface area contributed by atoms with Crippen molar-refractivity contribution in [3.8, 4) is 0 Å². The van der Waals surface area contributed by atoms with Gasteiger partial charge in [-0.25, -0.2) is 8.42 Å². The Morgan fingerprint density at radius 3 is 2.38 bits per heavy atom. The number of anilines is 1. The first-order valence-corrected chi connectivity index (χ1v) is 10.6. The summed E-state index contributed by atoms with van der Waals surface area (Å²) in [6.45, 7) is 5.10. The summed E-state index contributed by atoms with van der Waals surface area (Å²) in [5.41, 5.74) is 0.600. The molecule has 2 aliphatic rings. The second-order valence-corrected chi connectivity index (χ2v) is 9.00. The van der Waals surface area contributed by atoms with Crippen LogP contribution in [-0.4, -0.2) is 56.3 Å². The van der Waals surface area contributed by atoms with Crippen molar-refractivity contribution in [1.82, 2.24) is 9.21 Å². The molecule has 1 unspecified atom stereocenters. The van der Waals surface area contributed by atoms with Crippen LogP contribution in [0.15, 0.2) is 41.3 Å². The van der Waals surface area contributed by atoms with E-state index < -0.39 is 10.0 Å². The number of hydrogen-bond donors (Lipinski definition) is 1. The van der Waals surface area contributed by atoms with Crippen LogP contribution in [0.25, 0.3) is 0 Å². The molecule has 1 aromatic carbocycles. The fourth-order valence-electron chi connectivity index (χ4n) is 3.60. The number of amides is 1. The molecule has 1 aromatic rings. The summed E-state index contributed by atoms with van der Waals surface area (Å²) in [4.78, 5) is 13.7. The highest BCUT2D eigenvalue weighted by Crippen LogP contribution is 2.22. The standard InChI is InChI=1S/C19H27N3O3S/c1-16(23)20-18-7-9-19(10-8-18)26(24,25)22-13-11-21(12-14-22)15-17-5-3-2-4-6-17/h2-3,7-10,17H,4-6,11-15H2,1H3,(H,20,23). The van der Waals surface area contributed by atoms with Gasteiger partial charge in [0, 0.05) is 45.3 Å². The molecule has 1 amide bonds. The van der Waals surface area contributed by atoms with Crippen LogP contribution in [0.5, 0.6) is 0 Å². The van der Waals surface area contributed by atoms with E-state index in [9.17, 15) is 13.2 Å². The normalized spacial score (nSPS) is 22.3. The van der Waals surface area contributed by atoms with E-state index >= 15 is 0 Å². The predicted octanol–water partition coefficient (Wildman–Crippen LogP) is 2.31. The van der Waals surface area contributed by atoms with Gasteiger partial charge >= 0.3 is 0 Å². The minimum absolute atomic E-state index is 0.176. The first-order chi connectivity index (χ1) is 12.4. The number of carbonyl (C=O) groups is 1. The first-order valence-electron chi connectivity index (χ1n) is 9.20. The summed E-state index contributed by atoms with van der Waals surface area (Å²) in [5, 5.41) is 2.65. The van der Waals surface area contributed by atoms with Crippen molar-refractivity contribution >= 4 is 21.6 Å². The van der Waals surface area contributed by atoms with E-state index in [4.69, 9.17) is 0 Å². The molecule has 142 valence electrons. The summed E-state index contributed by atoms with van der Waals surface area (Å²) in [6, 6.07) is 6.37. The van der Waals surface area contributed by atoms with Crippen LogP contribution in [0.4, 0.5) is 5.69 Å². The maximum Gasteiger partial charge on any atom is 0.243 e. The number of benzene rings is 1. The highest BCUT2D eigenvalue weighted by Gasteiger charge is 2.29. The lowest BCUT2D eigenvalue weighted by Crippen LogP contribution is -2.49. The lowest BCUT2D eigenvalue weighted by molar-refractivity contribution is -0.114. The molecule has 0 aromatic heterocycles. The van der Waals surface area contributed by atoms with Crippen molar-refractivity contribution in [1.29, 1.82) is 0 Å². The maximum atomic E-state index is 12.8. The molecule has 1 heterocycles. The molecule has 26 heavy (non-hydrogen) atoms. The molecule has 0 saturated carbocycles. The highest BCUT2D eigenvalue weighted by atomic mass is 32.2. The Labute approximate surface area is 155 Å². The van der Waals surface area contributed by atoms with Crippen molar-refractivity contribution in [3.05, 3.63) is 36.4 Å². The zero-order valence-corrected chi connectivity index (χ0v) is 16.0. The fourth-order valence-corrected chi connectivity index (χ4v) is 5.02. The van der Waals surface area contributed by atoms with Crippen molar-refractivity contribution < 1.29 is 13.2 Å². The van der Waals surface area contributed by atoms with Gasteiger partial charge in [0.2, 0.25) is 15.9 Å². The quantitative estimate of drug-likeness (QED) is 0.800. The number of rotatable bonds is 5. The summed E-state index contributed by atoms with van der Waals surface area (Å²) >= 11 is 0. The van der Waals surface area contributed by atoms with Crippen LogP contribution in [0.2, 0.25) is 0 Å². The molecule has 3 rings (SSSR count). The molecule has 1 aliphatic carbocycles. The number of piperazine rings is 1. The molecular formula is C19H27N3O3S. The number of sulfonamides is 1. The largest absolute Gasteiger partial charge is 0.326 e.